The molecule has 0 saturated heterocycles. The maximum Gasteiger partial charge on any atom is 0.172 e. The van der Waals surface area contributed by atoms with Crippen molar-refractivity contribution in [2.24, 2.45) is 0 Å². The molecule has 0 aliphatic heterocycles. The number of aliphatic hydroxyl groups is 1. The molecule has 1 aliphatic carbocycles. The number of rotatable bonds is 4. The van der Waals surface area contributed by atoms with Gasteiger partial charge in [-0.05, 0) is 44.7 Å². The Hall–Kier alpha value is -1.19. The first-order valence-corrected chi connectivity index (χ1v) is 9.31. The van der Waals surface area contributed by atoms with Crippen LogP contribution in [0.15, 0.2) is 35.2 Å². The summed E-state index contributed by atoms with van der Waals surface area (Å²) in [6.07, 6.45) is 5.35. The van der Waals surface area contributed by atoms with Crippen LogP contribution in [0.25, 0.3) is 0 Å². The van der Waals surface area contributed by atoms with E-state index in [9.17, 15) is 14.6 Å². The zero-order valence-electron chi connectivity index (χ0n) is 13.5. The van der Waals surface area contributed by atoms with Crippen molar-refractivity contribution in [1.29, 1.82) is 0 Å². The second kappa shape index (κ2) is 8.07. The van der Waals surface area contributed by atoms with Gasteiger partial charge in [0.05, 0.1) is 16.6 Å². The van der Waals surface area contributed by atoms with Crippen molar-refractivity contribution in [3.05, 3.63) is 30.3 Å². The largest absolute Gasteiger partial charge is 0.378 e. The van der Waals surface area contributed by atoms with E-state index in [2.05, 4.69) is 16.7 Å². The Morgan fingerprint density at radius 2 is 1.83 bits per heavy atom. The Bertz CT molecular complexity index is 582. The van der Waals surface area contributed by atoms with Gasteiger partial charge in [0, 0.05) is 4.90 Å². The van der Waals surface area contributed by atoms with E-state index >= 15 is 0 Å². The van der Waals surface area contributed by atoms with E-state index in [1.807, 2.05) is 18.2 Å². The Balaban J connectivity index is 2.11. The topological polar surface area (TPSA) is 66.8 Å². The minimum absolute atomic E-state index is 0.0383. The van der Waals surface area contributed by atoms with Gasteiger partial charge in [0.2, 0.25) is 0 Å². The molecule has 1 aliphatic rings. The predicted molar refractivity (Wildman–Crippen MR) is 90.3 cm³/mol. The van der Waals surface area contributed by atoms with Crippen molar-refractivity contribution in [3.63, 3.8) is 0 Å². The molecule has 4 nitrogen and oxygen atoms in total. The minimum atomic E-state index is -1.35. The second-order valence-corrected chi connectivity index (χ2v) is 7.77. The molecule has 0 aromatic heterocycles. The highest BCUT2D eigenvalue weighted by atomic mass is 32.2. The first-order chi connectivity index (χ1) is 11.0. The molecule has 0 heterocycles. The second-order valence-electron chi connectivity index (χ2n) is 6.32. The lowest BCUT2D eigenvalue weighted by Gasteiger charge is -2.23. The molecule has 2 atom stereocenters. The van der Waals surface area contributed by atoms with E-state index in [0.717, 1.165) is 25.7 Å². The first-order valence-electron chi connectivity index (χ1n) is 7.99. The van der Waals surface area contributed by atoms with Crippen LogP contribution >= 0.6 is 0 Å². The molecule has 2 N–H and O–H groups in total. The Morgan fingerprint density at radius 3 is 2.39 bits per heavy atom. The fourth-order valence-corrected chi connectivity index (χ4v) is 3.93. The molecule has 2 unspecified atom stereocenters. The fraction of sp³-hybridized carbons (Fsp3) is 0.556. The molecule has 1 fully saturated rings. The lowest BCUT2D eigenvalue weighted by Crippen LogP contribution is -2.34. The summed E-state index contributed by atoms with van der Waals surface area (Å²) in [6, 6.07) is 9.00. The van der Waals surface area contributed by atoms with Crippen LogP contribution in [0.2, 0.25) is 0 Å². The van der Waals surface area contributed by atoms with Crippen molar-refractivity contribution < 1.29 is 19.5 Å². The van der Waals surface area contributed by atoms with Gasteiger partial charge >= 0.3 is 0 Å². The van der Waals surface area contributed by atoms with Gasteiger partial charge in [0.1, 0.15) is 5.60 Å². The highest BCUT2D eigenvalue weighted by Crippen LogP contribution is 2.27. The predicted octanol–water partition coefficient (Wildman–Crippen LogP) is 3.13. The van der Waals surface area contributed by atoms with Crippen LogP contribution in [0.3, 0.4) is 0 Å². The maximum absolute atomic E-state index is 12.4. The summed E-state index contributed by atoms with van der Waals surface area (Å²) in [5.74, 6) is 5.73. The molecule has 126 valence electrons. The molecule has 0 amide bonds. The van der Waals surface area contributed by atoms with Gasteiger partial charge in [-0.1, -0.05) is 42.9 Å². The van der Waals surface area contributed by atoms with Crippen molar-refractivity contribution in [2.75, 3.05) is 5.75 Å². The Morgan fingerprint density at radius 1 is 1.22 bits per heavy atom. The van der Waals surface area contributed by atoms with E-state index < -0.39 is 22.0 Å². The van der Waals surface area contributed by atoms with Crippen LogP contribution in [0.5, 0.6) is 0 Å². The molecule has 23 heavy (non-hydrogen) atoms. The van der Waals surface area contributed by atoms with E-state index in [1.54, 1.807) is 19.1 Å². The van der Waals surface area contributed by atoms with Crippen molar-refractivity contribution in [2.45, 2.75) is 61.5 Å². The molecular formula is C18H24O4S. The number of hydrogen-bond acceptors (Lipinski definition) is 4. The lowest BCUT2D eigenvalue weighted by molar-refractivity contribution is -0.292. The molecule has 2 rings (SSSR count). The van der Waals surface area contributed by atoms with E-state index in [4.69, 9.17) is 0 Å². The van der Waals surface area contributed by atoms with Gasteiger partial charge in [-0.2, -0.15) is 0 Å². The molecule has 1 saturated carbocycles. The highest BCUT2D eigenvalue weighted by Gasteiger charge is 2.30. The van der Waals surface area contributed by atoms with E-state index in [-0.39, 0.29) is 5.75 Å². The molecule has 5 heteroatoms. The van der Waals surface area contributed by atoms with Crippen LogP contribution in [0, 0.1) is 11.8 Å². The average Bonchev–Trinajstić information content (AvgIpc) is 2.79. The van der Waals surface area contributed by atoms with Crippen LogP contribution in [-0.2, 0) is 15.7 Å². The molecule has 0 spiro atoms. The van der Waals surface area contributed by atoms with Gasteiger partial charge in [0.25, 0.3) is 0 Å². The quantitative estimate of drug-likeness (QED) is 0.384. The summed E-state index contributed by atoms with van der Waals surface area (Å²) in [4.78, 5) is 5.18. The van der Waals surface area contributed by atoms with Crippen LogP contribution in [0.1, 0.15) is 45.4 Å². The lowest BCUT2D eigenvalue weighted by atomic mass is 9.94. The molecule has 0 radical (unpaired) electrons. The van der Waals surface area contributed by atoms with E-state index in [0.29, 0.717) is 17.7 Å². The van der Waals surface area contributed by atoms with Crippen molar-refractivity contribution in [3.8, 4) is 11.8 Å². The number of hydrogen-bond donors (Lipinski definition) is 2. The zero-order chi connectivity index (χ0) is 16.8. The van der Waals surface area contributed by atoms with Gasteiger partial charge in [-0.15, -0.1) is 0 Å². The maximum atomic E-state index is 12.4. The average molecular weight is 336 g/mol. The molecule has 1 aromatic rings. The molecular weight excluding hydrogens is 312 g/mol. The number of benzene rings is 1. The van der Waals surface area contributed by atoms with Crippen LogP contribution in [-0.4, -0.2) is 31.5 Å². The zero-order valence-corrected chi connectivity index (χ0v) is 14.3. The third-order valence-corrected chi connectivity index (χ3v) is 5.72. The fourth-order valence-electron chi connectivity index (χ4n) is 2.68. The Labute approximate surface area is 140 Å². The normalized spacial score (nSPS) is 21.3. The summed E-state index contributed by atoms with van der Waals surface area (Å²) in [5, 5.41) is 19.8. The molecule has 1 aromatic carbocycles. The monoisotopic (exact) mass is 336 g/mol. The van der Waals surface area contributed by atoms with Crippen LogP contribution < -0.4 is 0 Å². The first kappa shape index (κ1) is 18.2. The standard InChI is InChI=1S/C18H24O4S/c1-17(22-20,15-23(21)16-9-5-4-6-10-16)13-14-18(19)11-7-2-3-8-12-18/h4-6,9-10,19-20H,2-3,7-8,11-12,15H2,1H3. The summed E-state index contributed by atoms with van der Waals surface area (Å²) >= 11 is 0. The van der Waals surface area contributed by atoms with Gasteiger partial charge in [-0.3, -0.25) is 9.47 Å². The van der Waals surface area contributed by atoms with Gasteiger partial charge in [0.15, 0.2) is 5.60 Å². The van der Waals surface area contributed by atoms with Crippen molar-refractivity contribution >= 4 is 10.8 Å². The minimum Gasteiger partial charge on any atom is -0.378 e. The molecule has 0 bridgehead atoms. The summed E-state index contributed by atoms with van der Waals surface area (Å²) in [7, 11) is -1.35. The summed E-state index contributed by atoms with van der Waals surface area (Å²) < 4.78 is 12.4. The highest BCUT2D eigenvalue weighted by molar-refractivity contribution is 7.85. The SMILES string of the molecule is CC(C#CC1(O)CCCCCC1)(CS(=O)c1ccccc1)OO. The summed E-state index contributed by atoms with van der Waals surface area (Å²) in [6.45, 7) is 1.58. The van der Waals surface area contributed by atoms with E-state index in [1.165, 1.54) is 0 Å². The van der Waals surface area contributed by atoms with Gasteiger partial charge < -0.3 is 5.11 Å². The van der Waals surface area contributed by atoms with Crippen molar-refractivity contribution in [1.82, 2.24) is 0 Å². The van der Waals surface area contributed by atoms with Gasteiger partial charge in [-0.25, -0.2) is 4.89 Å². The smallest absolute Gasteiger partial charge is 0.172 e. The Kier molecular flexibility index (Phi) is 6.37. The third kappa shape index (κ3) is 5.43. The summed E-state index contributed by atoms with van der Waals surface area (Å²) in [5.41, 5.74) is -2.31. The van der Waals surface area contributed by atoms with Crippen LogP contribution in [0.4, 0.5) is 0 Å². The third-order valence-electron chi connectivity index (χ3n) is 4.10.